The van der Waals surface area contributed by atoms with Gasteiger partial charge in [0.1, 0.15) is 0 Å². The van der Waals surface area contributed by atoms with Crippen molar-refractivity contribution in [1.29, 1.82) is 0 Å². The first kappa shape index (κ1) is 11.9. The molecule has 3 nitrogen and oxygen atoms in total. The number of hydrogen-bond donors (Lipinski definition) is 1. The molecule has 0 aromatic heterocycles. The Bertz CT molecular complexity index is 228. The summed E-state index contributed by atoms with van der Waals surface area (Å²) in [6, 6.07) is 1.61. The molecule has 3 fully saturated rings. The zero-order chi connectivity index (χ0) is 11.5. The average Bonchev–Trinajstić information content (AvgIpc) is 3.22. The lowest BCUT2D eigenvalue weighted by atomic mass is 9.99. The summed E-state index contributed by atoms with van der Waals surface area (Å²) < 4.78 is 5.44. The molecule has 98 valence electrons. The van der Waals surface area contributed by atoms with Crippen LogP contribution in [0.1, 0.15) is 38.5 Å². The minimum Gasteiger partial charge on any atom is -0.381 e. The fourth-order valence-corrected chi connectivity index (χ4v) is 3.17. The predicted molar refractivity (Wildman–Crippen MR) is 69.2 cm³/mol. The summed E-state index contributed by atoms with van der Waals surface area (Å²) in [7, 11) is 0. The molecule has 0 spiro atoms. The fourth-order valence-electron chi connectivity index (χ4n) is 3.17. The van der Waals surface area contributed by atoms with Crippen LogP contribution in [-0.2, 0) is 4.74 Å². The number of nitrogens with one attached hydrogen (secondary N) is 1. The Morgan fingerprint density at radius 3 is 2.29 bits per heavy atom. The lowest BCUT2D eigenvalue weighted by Gasteiger charge is -2.39. The van der Waals surface area contributed by atoms with E-state index >= 15 is 0 Å². The van der Waals surface area contributed by atoms with Crippen LogP contribution in [0.25, 0.3) is 0 Å². The molecule has 0 amide bonds. The third-order valence-electron chi connectivity index (χ3n) is 4.63. The Hall–Kier alpha value is -0.120. The van der Waals surface area contributed by atoms with E-state index in [2.05, 4.69) is 10.2 Å². The summed E-state index contributed by atoms with van der Waals surface area (Å²) in [6.45, 7) is 5.83. The third-order valence-corrected chi connectivity index (χ3v) is 4.63. The smallest absolute Gasteiger partial charge is 0.0480 e. The van der Waals surface area contributed by atoms with Crippen LogP contribution < -0.4 is 5.32 Å². The summed E-state index contributed by atoms with van der Waals surface area (Å²) in [4.78, 5) is 2.71. The molecule has 3 heteroatoms. The lowest BCUT2D eigenvalue weighted by Crippen LogP contribution is -2.48. The molecule has 2 aliphatic heterocycles. The summed E-state index contributed by atoms with van der Waals surface area (Å²) in [5, 5.41) is 3.76. The first-order chi connectivity index (χ1) is 8.42. The van der Waals surface area contributed by atoms with E-state index in [4.69, 9.17) is 4.74 Å². The van der Waals surface area contributed by atoms with Gasteiger partial charge in [-0.3, -0.25) is 0 Å². The van der Waals surface area contributed by atoms with E-state index in [1.54, 1.807) is 0 Å². The summed E-state index contributed by atoms with van der Waals surface area (Å²) in [5.41, 5.74) is 0. The molecule has 1 N–H and O–H groups in total. The van der Waals surface area contributed by atoms with Crippen molar-refractivity contribution in [3.05, 3.63) is 0 Å². The first-order valence-electron chi connectivity index (χ1n) is 7.47. The van der Waals surface area contributed by atoms with E-state index in [1.807, 2.05) is 0 Å². The third kappa shape index (κ3) is 3.43. The molecule has 0 unspecified atom stereocenters. The van der Waals surface area contributed by atoms with Crippen LogP contribution >= 0.6 is 0 Å². The second kappa shape index (κ2) is 5.68. The Morgan fingerprint density at radius 1 is 0.941 bits per heavy atom. The topological polar surface area (TPSA) is 24.5 Å². The monoisotopic (exact) mass is 238 g/mol. The van der Waals surface area contributed by atoms with Gasteiger partial charge in [0.05, 0.1) is 0 Å². The van der Waals surface area contributed by atoms with Crippen molar-refractivity contribution in [2.45, 2.75) is 50.6 Å². The summed E-state index contributed by atoms with van der Waals surface area (Å²) >= 11 is 0. The maximum Gasteiger partial charge on any atom is 0.0480 e. The van der Waals surface area contributed by atoms with Crippen molar-refractivity contribution in [1.82, 2.24) is 10.2 Å². The standard InChI is InChI=1S/C14H26N2O/c1-2-12(1)11-15-13-3-7-16(8-4-13)14-5-9-17-10-6-14/h12-15H,1-11H2. The number of hydrogen-bond acceptors (Lipinski definition) is 3. The minimum absolute atomic E-state index is 0.798. The van der Waals surface area contributed by atoms with Gasteiger partial charge in [0.25, 0.3) is 0 Å². The molecule has 1 aliphatic carbocycles. The lowest BCUT2D eigenvalue weighted by molar-refractivity contribution is 0.0238. The van der Waals surface area contributed by atoms with Crippen LogP contribution in [0.3, 0.4) is 0 Å². The highest BCUT2D eigenvalue weighted by Gasteiger charge is 2.27. The molecule has 0 radical (unpaired) electrons. The minimum atomic E-state index is 0.798. The zero-order valence-electron chi connectivity index (χ0n) is 10.9. The first-order valence-corrected chi connectivity index (χ1v) is 7.47. The van der Waals surface area contributed by atoms with Gasteiger partial charge in [-0.05, 0) is 64.1 Å². The predicted octanol–water partition coefficient (Wildman–Crippen LogP) is 1.63. The molecule has 17 heavy (non-hydrogen) atoms. The molecule has 1 saturated carbocycles. The van der Waals surface area contributed by atoms with E-state index < -0.39 is 0 Å². The Labute approximate surface area is 105 Å². The highest BCUT2D eigenvalue weighted by molar-refractivity contribution is 4.84. The summed E-state index contributed by atoms with van der Waals surface area (Å²) in [6.07, 6.45) is 8.14. The van der Waals surface area contributed by atoms with Gasteiger partial charge in [-0.15, -0.1) is 0 Å². The molecule has 0 aromatic carbocycles. The van der Waals surface area contributed by atoms with Gasteiger partial charge in [-0.1, -0.05) is 0 Å². The molecule has 3 aliphatic rings. The van der Waals surface area contributed by atoms with Crippen molar-refractivity contribution in [3.63, 3.8) is 0 Å². The van der Waals surface area contributed by atoms with Crippen LogP contribution in [0.2, 0.25) is 0 Å². The van der Waals surface area contributed by atoms with Gasteiger partial charge in [0.15, 0.2) is 0 Å². The Kier molecular flexibility index (Phi) is 3.99. The fraction of sp³-hybridized carbons (Fsp3) is 1.00. The second-order valence-corrected chi connectivity index (χ2v) is 6.01. The zero-order valence-corrected chi connectivity index (χ0v) is 10.9. The van der Waals surface area contributed by atoms with Crippen LogP contribution in [0.4, 0.5) is 0 Å². The van der Waals surface area contributed by atoms with Crippen LogP contribution in [-0.4, -0.2) is 49.8 Å². The van der Waals surface area contributed by atoms with Crippen molar-refractivity contribution >= 4 is 0 Å². The van der Waals surface area contributed by atoms with Gasteiger partial charge >= 0.3 is 0 Å². The van der Waals surface area contributed by atoms with Crippen molar-refractivity contribution in [2.24, 2.45) is 5.92 Å². The van der Waals surface area contributed by atoms with Gasteiger partial charge in [0, 0.05) is 25.3 Å². The second-order valence-electron chi connectivity index (χ2n) is 6.01. The van der Waals surface area contributed by atoms with Crippen LogP contribution in [0.15, 0.2) is 0 Å². The van der Waals surface area contributed by atoms with E-state index in [-0.39, 0.29) is 0 Å². The number of ether oxygens (including phenoxy) is 1. The molecule has 0 atom stereocenters. The summed E-state index contributed by atoms with van der Waals surface area (Å²) in [5.74, 6) is 1.02. The highest BCUT2D eigenvalue weighted by Crippen LogP contribution is 2.28. The number of rotatable bonds is 4. The number of nitrogens with zero attached hydrogens (tertiary/aromatic N) is 1. The van der Waals surface area contributed by atoms with Gasteiger partial charge < -0.3 is 15.0 Å². The van der Waals surface area contributed by atoms with E-state index in [9.17, 15) is 0 Å². The van der Waals surface area contributed by atoms with Crippen LogP contribution in [0, 0.1) is 5.92 Å². The maximum atomic E-state index is 5.44. The quantitative estimate of drug-likeness (QED) is 0.805. The highest BCUT2D eigenvalue weighted by atomic mass is 16.5. The molecular weight excluding hydrogens is 212 g/mol. The molecular formula is C14H26N2O. The SMILES string of the molecule is C1CC(N2CCC(NCC3CC3)CC2)CCO1. The molecule has 3 rings (SSSR count). The normalized spacial score (nSPS) is 29.6. The molecule has 0 bridgehead atoms. The molecule has 0 aromatic rings. The molecule has 2 heterocycles. The maximum absolute atomic E-state index is 5.44. The number of likely N-dealkylation sites (tertiary alicyclic amines) is 1. The van der Waals surface area contributed by atoms with Crippen LogP contribution in [0.5, 0.6) is 0 Å². The molecule has 2 saturated heterocycles. The van der Waals surface area contributed by atoms with Gasteiger partial charge in [-0.2, -0.15) is 0 Å². The Morgan fingerprint density at radius 2 is 1.65 bits per heavy atom. The van der Waals surface area contributed by atoms with Crippen molar-refractivity contribution < 1.29 is 4.74 Å². The van der Waals surface area contributed by atoms with Gasteiger partial charge in [-0.25, -0.2) is 0 Å². The van der Waals surface area contributed by atoms with Gasteiger partial charge in [0.2, 0.25) is 0 Å². The van der Waals surface area contributed by atoms with E-state index in [0.717, 1.165) is 31.2 Å². The van der Waals surface area contributed by atoms with E-state index in [0.29, 0.717) is 0 Å². The van der Waals surface area contributed by atoms with E-state index in [1.165, 1.54) is 58.2 Å². The average molecular weight is 238 g/mol. The largest absolute Gasteiger partial charge is 0.381 e. The number of piperidine rings is 1. The van der Waals surface area contributed by atoms with Crippen molar-refractivity contribution in [3.8, 4) is 0 Å². The van der Waals surface area contributed by atoms with Crippen molar-refractivity contribution in [2.75, 3.05) is 32.8 Å². The Balaban J connectivity index is 1.36.